The van der Waals surface area contributed by atoms with Gasteiger partial charge in [-0.1, -0.05) is 100 Å². The normalized spacial score (nSPS) is 11.0. The molecule has 3 aromatic rings. The molecule has 0 N–H and O–H groups in total. The second-order valence-electron chi connectivity index (χ2n) is 7.95. The van der Waals surface area contributed by atoms with Gasteiger partial charge < -0.3 is 0 Å². The summed E-state index contributed by atoms with van der Waals surface area (Å²) in [4.78, 5) is 2.40. The van der Waals surface area contributed by atoms with Crippen molar-refractivity contribution in [3.8, 4) is 0 Å². The highest BCUT2D eigenvalue weighted by molar-refractivity contribution is 7.99. The van der Waals surface area contributed by atoms with Gasteiger partial charge in [-0.15, -0.1) is 6.58 Å². The van der Waals surface area contributed by atoms with Crippen molar-refractivity contribution in [2.75, 3.05) is 11.6 Å². The Labute approximate surface area is 199 Å². The zero-order valence-corrected chi connectivity index (χ0v) is 20.9. The van der Waals surface area contributed by atoms with E-state index < -0.39 is 0 Å². The van der Waals surface area contributed by atoms with Crippen molar-refractivity contribution in [3.05, 3.63) is 103 Å². The molecule has 32 heavy (non-hydrogen) atoms. The van der Waals surface area contributed by atoms with Crippen LogP contribution < -0.4 is 5.01 Å². The zero-order chi connectivity index (χ0) is 23.4. The molecular formula is C29H36N2S. The first-order chi connectivity index (χ1) is 15.5. The Balaban J connectivity index is 0.00000176. The Morgan fingerprint density at radius 3 is 2.22 bits per heavy atom. The van der Waals surface area contributed by atoms with E-state index in [1.54, 1.807) is 11.8 Å². The van der Waals surface area contributed by atoms with Gasteiger partial charge in [0.2, 0.25) is 0 Å². The lowest BCUT2D eigenvalue weighted by molar-refractivity contribution is 0.549. The molecule has 2 nitrogen and oxygen atoms in total. The maximum atomic E-state index is 4.85. The number of anilines is 1. The maximum Gasteiger partial charge on any atom is 0.0736 e. The van der Waals surface area contributed by atoms with E-state index in [0.717, 1.165) is 12.1 Å². The van der Waals surface area contributed by atoms with Crippen molar-refractivity contribution in [1.29, 1.82) is 0 Å². The number of rotatable bonds is 9. The van der Waals surface area contributed by atoms with E-state index in [1.807, 2.05) is 37.2 Å². The molecule has 0 radical (unpaired) electrons. The molecule has 0 amide bonds. The molecule has 0 bridgehead atoms. The van der Waals surface area contributed by atoms with Gasteiger partial charge in [-0.25, -0.2) is 0 Å². The molecule has 0 heterocycles. The molecule has 0 aromatic heterocycles. The van der Waals surface area contributed by atoms with Crippen LogP contribution in [-0.2, 0) is 5.41 Å². The van der Waals surface area contributed by atoms with Gasteiger partial charge in [-0.05, 0) is 54.2 Å². The number of para-hydroxylation sites is 1. The smallest absolute Gasteiger partial charge is 0.0736 e. The molecule has 0 saturated heterocycles. The molecule has 3 heteroatoms. The van der Waals surface area contributed by atoms with Crippen LogP contribution >= 0.6 is 11.8 Å². The Kier molecular flexibility index (Phi) is 10.3. The van der Waals surface area contributed by atoms with Crippen molar-refractivity contribution in [1.82, 2.24) is 0 Å². The molecule has 0 atom stereocenters. The van der Waals surface area contributed by atoms with Crippen molar-refractivity contribution >= 4 is 23.7 Å². The highest BCUT2D eigenvalue weighted by atomic mass is 32.2. The summed E-state index contributed by atoms with van der Waals surface area (Å²) in [5.74, 6) is 0. The average Bonchev–Trinajstić information content (AvgIpc) is 2.81. The van der Waals surface area contributed by atoms with Crippen molar-refractivity contribution in [3.63, 3.8) is 0 Å². The van der Waals surface area contributed by atoms with Crippen molar-refractivity contribution in [2.45, 2.75) is 56.2 Å². The summed E-state index contributed by atoms with van der Waals surface area (Å²) in [6.45, 7) is 15.3. The standard InChI is InChI=1S/C27H30N2S.C2H6/c1-5-21-29(28-20-19-27(3,4)24-16-10-9-13-22(24)2)25-17-11-12-18-26(25)30-23-14-7-6-8-15-23;1-2/h5-18,20H,1,19,21H2,2-4H3;1-2H3/b28-20+;. The van der Waals surface area contributed by atoms with E-state index >= 15 is 0 Å². The Bertz CT molecular complexity index is 993. The minimum Gasteiger partial charge on any atom is -0.261 e. The summed E-state index contributed by atoms with van der Waals surface area (Å²) >= 11 is 1.76. The van der Waals surface area contributed by atoms with E-state index in [-0.39, 0.29) is 5.41 Å². The van der Waals surface area contributed by atoms with Crippen LogP contribution in [0.3, 0.4) is 0 Å². The lowest BCUT2D eigenvalue weighted by atomic mass is 9.80. The third-order valence-corrected chi connectivity index (χ3v) is 6.19. The van der Waals surface area contributed by atoms with Crippen molar-refractivity contribution in [2.24, 2.45) is 5.10 Å². The van der Waals surface area contributed by atoms with Crippen LogP contribution in [0.5, 0.6) is 0 Å². The summed E-state index contributed by atoms with van der Waals surface area (Å²) in [6.07, 6.45) is 4.80. The largest absolute Gasteiger partial charge is 0.261 e. The summed E-state index contributed by atoms with van der Waals surface area (Å²) in [5, 5.41) is 6.88. The fraction of sp³-hybridized carbons (Fsp3) is 0.276. The van der Waals surface area contributed by atoms with E-state index in [0.29, 0.717) is 6.54 Å². The summed E-state index contributed by atoms with van der Waals surface area (Å²) < 4.78 is 0. The highest BCUT2D eigenvalue weighted by Gasteiger charge is 2.21. The van der Waals surface area contributed by atoms with Gasteiger partial charge in [-0.2, -0.15) is 5.10 Å². The van der Waals surface area contributed by atoms with Crippen LogP contribution in [0.25, 0.3) is 0 Å². The van der Waals surface area contributed by atoms with Gasteiger partial charge in [-0.3, -0.25) is 5.01 Å². The first-order valence-corrected chi connectivity index (χ1v) is 12.1. The predicted molar refractivity (Wildman–Crippen MR) is 143 cm³/mol. The molecule has 168 valence electrons. The van der Waals surface area contributed by atoms with Crippen molar-refractivity contribution < 1.29 is 0 Å². The molecule has 0 aliphatic rings. The number of hydrogen-bond acceptors (Lipinski definition) is 3. The van der Waals surface area contributed by atoms with Gasteiger partial charge in [0.05, 0.1) is 12.2 Å². The Morgan fingerprint density at radius 2 is 1.53 bits per heavy atom. The minimum absolute atomic E-state index is 0.0208. The quantitative estimate of drug-likeness (QED) is 0.187. The first-order valence-electron chi connectivity index (χ1n) is 11.3. The third-order valence-electron chi connectivity index (χ3n) is 5.11. The molecule has 0 spiro atoms. The molecule has 3 aromatic carbocycles. The Morgan fingerprint density at radius 1 is 0.906 bits per heavy atom. The predicted octanol–water partition coefficient (Wildman–Crippen LogP) is 8.52. The fourth-order valence-electron chi connectivity index (χ4n) is 3.51. The molecule has 0 aliphatic carbocycles. The highest BCUT2D eigenvalue weighted by Crippen LogP contribution is 2.35. The monoisotopic (exact) mass is 444 g/mol. The summed E-state index contributed by atoms with van der Waals surface area (Å²) in [7, 11) is 0. The van der Waals surface area contributed by atoms with Gasteiger partial charge in [0.15, 0.2) is 0 Å². The zero-order valence-electron chi connectivity index (χ0n) is 20.1. The lowest BCUT2D eigenvalue weighted by Crippen LogP contribution is -2.21. The van der Waals surface area contributed by atoms with Crippen LogP contribution in [0.2, 0.25) is 0 Å². The van der Waals surface area contributed by atoms with E-state index in [4.69, 9.17) is 5.10 Å². The summed E-state index contributed by atoms with van der Waals surface area (Å²) in [6, 6.07) is 27.5. The fourth-order valence-corrected chi connectivity index (χ4v) is 4.48. The second-order valence-corrected chi connectivity index (χ2v) is 9.07. The number of benzene rings is 3. The number of hydrogen-bond donors (Lipinski definition) is 0. The number of aryl methyl sites for hydroxylation is 1. The van der Waals surface area contributed by atoms with Crippen LogP contribution in [0.4, 0.5) is 5.69 Å². The number of nitrogens with zero attached hydrogens (tertiary/aromatic N) is 2. The van der Waals surface area contributed by atoms with Gasteiger partial charge in [0, 0.05) is 16.0 Å². The number of hydrazone groups is 1. The maximum absolute atomic E-state index is 4.85. The van der Waals surface area contributed by atoms with Crippen LogP contribution in [0, 0.1) is 6.92 Å². The molecular weight excluding hydrogens is 408 g/mol. The van der Waals surface area contributed by atoms with Gasteiger partial charge in [0.25, 0.3) is 0 Å². The van der Waals surface area contributed by atoms with E-state index in [9.17, 15) is 0 Å². The molecule has 3 rings (SSSR count). The molecule has 0 fully saturated rings. The topological polar surface area (TPSA) is 15.6 Å². The summed E-state index contributed by atoms with van der Waals surface area (Å²) in [5.41, 5.74) is 3.80. The third kappa shape index (κ3) is 7.13. The van der Waals surface area contributed by atoms with Gasteiger partial charge >= 0.3 is 0 Å². The van der Waals surface area contributed by atoms with E-state index in [2.05, 4.69) is 100 Å². The SMILES string of the molecule is C=CCN(/N=C/CC(C)(C)c1ccccc1C)c1ccccc1Sc1ccccc1.CC. The molecule has 0 saturated carbocycles. The van der Waals surface area contributed by atoms with Crippen LogP contribution in [0.1, 0.15) is 45.2 Å². The van der Waals surface area contributed by atoms with Gasteiger partial charge in [0.1, 0.15) is 0 Å². The average molecular weight is 445 g/mol. The molecule has 0 aliphatic heterocycles. The van der Waals surface area contributed by atoms with Crippen LogP contribution in [0.15, 0.2) is 106 Å². The van der Waals surface area contributed by atoms with Crippen LogP contribution in [-0.4, -0.2) is 12.8 Å². The lowest BCUT2D eigenvalue weighted by Gasteiger charge is -2.26. The second kappa shape index (κ2) is 12.9. The first kappa shape index (κ1) is 25.5. The Hall–Kier alpha value is -2.78. The minimum atomic E-state index is 0.0208. The van der Waals surface area contributed by atoms with E-state index in [1.165, 1.54) is 20.9 Å². The molecule has 0 unspecified atom stereocenters.